The quantitative estimate of drug-likeness (QED) is 0.778. The molecule has 0 unspecified atom stereocenters. The molecule has 2 rings (SSSR count). The lowest BCUT2D eigenvalue weighted by Crippen LogP contribution is -2.40. The van der Waals surface area contributed by atoms with E-state index < -0.39 is 0 Å². The average Bonchev–Trinajstić information content (AvgIpc) is 2.37. The van der Waals surface area contributed by atoms with E-state index in [2.05, 4.69) is 20.6 Å². The first-order valence-electron chi connectivity index (χ1n) is 6.69. The fraction of sp³-hybridized carbons (Fsp3) is 0.571. The first-order valence-corrected chi connectivity index (χ1v) is 6.69. The molecule has 1 aromatic heterocycles. The Morgan fingerprint density at radius 3 is 2.70 bits per heavy atom. The van der Waals surface area contributed by atoms with E-state index in [4.69, 9.17) is 4.74 Å². The van der Waals surface area contributed by atoms with Crippen LogP contribution in [0, 0.1) is 0 Å². The van der Waals surface area contributed by atoms with Crippen LogP contribution in [0.25, 0.3) is 0 Å². The maximum atomic E-state index is 5.68. The van der Waals surface area contributed by atoms with E-state index in [0.29, 0.717) is 12.4 Å². The minimum Gasteiger partial charge on any atom is -0.472 e. The number of hydrogen-bond acceptors (Lipinski definition) is 5. The zero-order chi connectivity index (χ0) is 13.7. The highest BCUT2D eigenvalue weighted by molar-refractivity contribution is 14.0. The minimum atomic E-state index is -0.215. The van der Waals surface area contributed by atoms with Crippen LogP contribution in [0.2, 0.25) is 0 Å². The summed E-state index contributed by atoms with van der Waals surface area (Å²) in [5.41, 5.74) is 0.893. The van der Waals surface area contributed by atoms with Gasteiger partial charge in [-0.3, -0.25) is 4.99 Å². The van der Waals surface area contributed by atoms with Gasteiger partial charge in [0, 0.05) is 31.9 Å². The molecule has 0 atom stereocenters. The lowest BCUT2D eigenvalue weighted by molar-refractivity contribution is 0.124. The highest BCUT2D eigenvalue weighted by Gasteiger charge is 2.12. The molecule has 2 N–H and O–H groups in total. The van der Waals surface area contributed by atoms with Gasteiger partial charge in [-0.15, -0.1) is 24.0 Å². The standard InChI is InChI=1S/C14H22N4O.HI/c1-14(2,3)19-12-6-5-11(9-17-12)10-18-13-15-7-4-8-16-13;/h5-6,9H,4,7-8,10H2,1-3H3,(H2,15,16,18);1H. The molecular formula is C14H23IN4O. The summed E-state index contributed by atoms with van der Waals surface area (Å²) >= 11 is 0. The first kappa shape index (κ1) is 17.0. The zero-order valence-corrected chi connectivity index (χ0v) is 14.6. The molecule has 1 aliphatic heterocycles. The van der Waals surface area contributed by atoms with Crippen LogP contribution in [0.5, 0.6) is 5.88 Å². The van der Waals surface area contributed by atoms with Crippen LogP contribution in [0.15, 0.2) is 23.3 Å². The second-order valence-electron chi connectivity index (χ2n) is 5.58. The maximum absolute atomic E-state index is 5.68. The van der Waals surface area contributed by atoms with Gasteiger partial charge in [0.15, 0.2) is 5.96 Å². The third kappa shape index (κ3) is 5.94. The van der Waals surface area contributed by atoms with E-state index in [9.17, 15) is 0 Å². The van der Waals surface area contributed by atoms with Crippen LogP contribution >= 0.6 is 24.0 Å². The SMILES string of the molecule is CC(C)(C)Oc1ccc(CNC2=NCCCN2)cn1.I. The van der Waals surface area contributed by atoms with Crippen molar-refractivity contribution in [1.82, 2.24) is 15.6 Å². The highest BCUT2D eigenvalue weighted by atomic mass is 127. The largest absolute Gasteiger partial charge is 0.472 e. The van der Waals surface area contributed by atoms with Gasteiger partial charge >= 0.3 is 0 Å². The van der Waals surface area contributed by atoms with Gasteiger partial charge in [-0.05, 0) is 32.8 Å². The Kier molecular flexibility index (Phi) is 6.51. The molecule has 0 aromatic carbocycles. The Bertz CT molecular complexity index is 439. The molecule has 0 bridgehead atoms. The van der Waals surface area contributed by atoms with E-state index in [1.54, 1.807) is 0 Å². The summed E-state index contributed by atoms with van der Waals surface area (Å²) in [7, 11) is 0. The predicted molar refractivity (Wildman–Crippen MR) is 91.8 cm³/mol. The Balaban J connectivity index is 0.00000200. The van der Waals surface area contributed by atoms with Gasteiger partial charge in [0.25, 0.3) is 0 Å². The molecule has 2 heterocycles. The molecule has 5 nitrogen and oxygen atoms in total. The molecule has 1 aliphatic rings. The number of nitrogens with zero attached hydrogens (tertiary/aromatic N) is 2. The third-order valence-corrected chi connectivity index (χ3v) is 2.57. The molecule has 0 saturated heterocycles. The van der Waals surface area contributed by atoms with Crippen molar-refractivity contribution < 1.29 is 4.74 Å². The Labute approximate surface area is 137 Å². The molecule has 1 aromatic rings. The normalized spacial score (nSPS) is 14.7. The summed E-state index contributed by atoms with van der Waals surface area (Å²) in [6.07, 6.45) is 2.93. The number of ether oxygens (including phenoxy) is 1. The number of pyridine rings is 1. The van der Waals surface area contributed by atoms with Gasteiger partial charge in [-0.1, -0.05) is 6.07 Å². The van der Waals surface area contributed by atoms with E-state index in [-0.39, 0.29) is 29.6 Å². The average molecular weight is 390 g/mol. The second-order valence-corrected chi connectivity index (χ2v) is 5.58. The fourth-order valence-electron chi connectivity index (χ4n) is 1.73. The number of guanidine groups is 1. The van der Waals surface area contributed by atoms with Gasteiger partial charge in [0.1, 0.15) is 5.60 Å². The lowest BCUT2D eigenvalue weighted by atomic mass is 10.2. The molecule has 0 aliphatic carbocycles. The Hall–Kier alpha value is -1.05. The van der Waals surface area contributed by atoms with E-state index in [1.165, 1.54) is 0 Å². The molecule has 6 heteroatoms. The van der Waals surface area contributed by atoms with E-state index in [1.807, 2.05) is 39.1 Å². The molecular weight excluding hydrogens is 367 g/mol. The number of aromatic nitrogens is 1. The Morgan fingerprint density at radius 1 is 1.35 bits per heavy atom. The summed E-state index contributed by atoms with van der Waals surface area (Å²) in [6.45, 7) is 8.63. The molecule has 0 saturated carbocycles. The van der Waals surface area contributed by atoms with Crippen molar-refractivity contribution >= 4 is 29.9 Å². The van der Waals surface area contributed by atoms with Crippen LogP contribution in [-0.2, 0) is 6.54 Å². The predicted octanol–water partition coefficient (Wildman–Crippen LogP) is 2.32. The van der Waals surface area contributed by atoms with Gasteiger partial charge in [0.05, 0.1) is 0 Å². The Morgan fingerprint density at radius 2 is 2.15 bits per heavy atom. The van der Waals surface area contributed by atoms with Crippen molar-refractivity contribution in [3.8, 4) is 5.88 Å². The van der Waals surface area contributed by atoms with Crippen molar-refractivity contribution in [2.24, 2.45) is 4.99 Å². The molecule has 20 heavy (non-hydrogen) atoms. The molecule has 0 amide bonds. The number of nitrogens with one attached hydrogen (secondary N) is 2. The molecule has 0 fully saturated rings. The van der Waals surface area contributed by atoms with Crippen molar-refractivity contribution in [2.75, 3.05) is 13.1 Å². The molecule has 112 valence electrons. The number of halogens is 1. The highest BCUT2D eigenvalue weighted by Crippen LogP contribution is 2.15. The van der Waals surface area contributed by atoms with Crippen molar-refractivity contribution in [1.29, 1.82) is 0 Å². The molecule has 0 radical (unpaired) electrons. The fourth-order valence-corrected chi connectivity index (χ4v) is 1.73. The van der Waals surface area contributed by atoms with Crippen LogP contribution in [-0.4, -0.2) is 29.6 Å². The molecule has 0 spiro atoms. The summed E-state index contributed by atoms with van der Waals surface area (Å²) in [4.78, 5) is 8.67. The van der Waals surface area contributed by atoms with Crippen LogP contribution in [0.4, 0.5) is 0 Å². The first-order chi connectivity index (χ1) is 9.03. The second kappa shape index (κ2) is 7.66. The minimum absolute atomic E-state index is 0. The monoisotopic (exact) mass is 390 g/mol. The maximum Gasteiger partial charge on any atom is 0.213 e. The number of aliphatic imine (C=N–C) groups is 1. The van der Waals surface area contributed by atoms with Gasteiger partial charge in [-0.25, -0.2) is 4.98 Å². The van der Waals surface area contributed by atoms with E-state index >= 15 is 0 Å². The summed E-state index contributed by atoms with van der Waals surface area (Å²) in [5.74, 6) is 1.53. The van der Waals surface area contributed by atoms with Gasteiger partial charge in [-0.2, -0.15) is 0 Å². The topological polar surface area (TPSA) is 58.5 Å². The van der Waals surface area contributed by atoms with Crippen LogP contribution < -0.4 is 15.4 Å². The zero-order valence-electron chi connectivity index (χ0n) is 12.3. The summed E-state index contributed by atoms with van der Waals surface area (Å²) in [5, 5.41) is 6.49. The third-order valence-electron chi connectivity index (χ3n) is 2.57. The number of hydrogen-bond donors (Lipinski definition) is 2. The lowest BCUT2D eigenvalue weighted by Gasteiger charge is -2.20. The van der Waals surface area contributed by atoms with Crippen LogP contribution in [0.1, 0.15) is 32.8 Å². The number of rotatable bonds is 3. The van der Waals surface area contributed by atoms with E-state index in [0.717, 1.165) is 31.0 Å². The van der Waals surface area contributed by atoms with Crippen molar-refractivity contribution in [3.63, 3.8) is 0 Å². The van der Waals surface area contributed by atoms with Gasteiger partial charge in [0.2, 0.25) is 5.88 Å². The summed E-state index contributed by atoms with van der Waals surface area (Å²) in [6, 6.07) is 3.92. The summed E-state index contributed by atoms with van der Waals surface area (Å²) < 4.78 is 5.68. The van der Waals surface area contributed by atoms with Crippen molar-refractivity contribution in [3.05, 3.63) is 23.9 Å². The smallest absolute Gasteiger partial charge is 0.213 e. The van der Waals surface area contributed by atoms with Gasteiger partial charge < -0.3 is 15.4 Å². The van der Waals surface area contributed by atoms with Crippen molar-refractivity contribution in [2.45, 2.75) is 39.3 Å². The van der Waals surface area contributed by atoms with Crippen LogP contribution in [0.3, 0.4) is 0 Å².